The summed E-state index contributed by atoms with van der Waals surface area (Å²) in [5, 5.41) is 0. The number of carbonyl (C=O) groups is 1. The zero-order chi connectivity index (χ0) is 22.1. The summed E-state index contributed by atoms with van der Waals surface area (Å²) in [6.45, 7) is 14.8. The Hall–Kier alpha value is -1.16. The maximum absolute atomic E-state index is 12.9. The Balaban J connectivity index is 2.74. The molecule has 29 heavy (non-hydrogen) atoms. The Labute approximate surface area is 177 Å². The average Bonchev–Trinajstić information content (AvgIpc) is 2.61. The van der Waals surface area contributed by atoms with Gasteiger partial charge >= 0.3 is 13.6 Å². The third-order valence-electron chi connectivity index (χ3n) is 4.61. The van der Waals surface area contributed by atoms with E-state index in [0.29, 0.717) is 18.5 Å². The summed E-state index contributed by atoms with van der Waals surface area (Å²) in [6.07, 6.45) is 3.90. The summed E-state index contributed by atoms with van der Waals surface area (Å²) in [7, 11) is -3.16. The molecular weight excluding hydrogens is 387 g/mol. The van der Waals surface area contributed by atoms with E-state index < -0.39 is 13.6 Å². The maximum atomic E-state index is 12.9. The van der Waals surface area contributed by atoms with Crippen LogP contribution in [0.25, 0.3) is 0 Å². The van der Waals surface area contributed by atoms with Crippen molar-refractivity contribution in [3.63, 3.8) is 0 Å². The van der Waals surface area contributed by atoms with Crippen LogP contribution in [0.3, 0.4) is 0 Å². The van der Waals surface area contributed by atoms with Gasteiger partial charge in [0.25, 0.3) is 0 Å². The van der Waals surface area contributed by atoms with Crippen molar-refractivity contribution in [2.24, 2.45) is 0 Å². The third kappa shape index (κ3) is 9.02. The number of hydrogen-bond acceptors (Lipinski definition) is 5. The zero-order valence-corrected chi connectivity index (χ0v) is 20.2. The minimum Gasteiger partial charge on any atom is -0.426 e. The molecular formula is C23H39O5P. The van der Waals surface area contributed by atoms with Crippen molar-refractivity contribution < 1.29 is 23.1 Å². The number of benzene rings is 1. The number of esters is 1. The predicted octanol–water partition coefficient (Wildman–Crippen LogP) is 6.72. The number of unbranched alkanes of at least 4 members (excludes halogenated alkanes) is 2. The minimum atomic E-state index is -3.16. The summed E-state index contributed by atoms with van der Waals surface area (Å²) in [5.74, 6) is 0.222. The van der Waals surface area contributed by atoms with E-state index >= 15 is 0 Å². The van der Waals surface area contributed by atoms with Crippen molar-refractivity contribution >= 4 is 13.6 Å². The quantitative estimate of drug-likeness (QED) is 0.161. The first-order valence-corrected chi connectivity index (χ1v) is 12.5. The first-order valence-electron chi connectivity index (χ1n) is 10.7. The SMILES string of the molecule is CCCCOP(=O)(CCCC)OCCC(=O)Oc1c(C)cc(C)cc1C(C)(C)C. The molecule has 0 saturated carbocycles. The van der Waals surface area contributed by atoms with Crippen LogP contribution in [0.2, 0.25) is 0 Å². The van der Waals surface area contributed by atoms with Crippen molar-refractivity contribution in [2.45, 2.75) is 86.0 Å². The molecule has 0 radical (unpaired) electrons. The van der Waals surface area contributed by atoms with E-state index in [0.717, 1.165) is 42.4 Å². The van der Waals surface area contributed by atoms with Gasteiger partial charge in [0, 0.05) is 5.56 Å². The van der Waals surface area contributed by atoms with Crippen LogP contribution in [0.15, 0.2) is 12.1 Å². The topological polar surface area (TPSA) is 61.8 Å². The fourth-order valence-electron chi connectivity index (χ4n) is 2.95. The second-order valence-electron chi connectivity index (χ2n) is 8.64. The fraction of sp³-hybridized carbons (Fsp3) is 0.696. The van der Waals surface area contributed by atoms with Crippen LogP contribution in [0.5, 0.6) is 5.75 Å². The van der Waals surface area contributed by atoms with E-state index in [4.69, 9.17) is 13.8 Å². The summed E-state index contributed by atoms with van der Waals surface area (Å²) in [4.78, 5) is 12.5. The highest BCUT2D eigenvalue weighted by molar-refractivity contribution is 7.53. The van der Waals surface area contributed by atoms with Gasteiger partial charge in [-0.25, -0.2) is 0 Å². The lowest BCUT2D eigenvalue weighted by atomic mass is 9.84. The molecule has 0 fully saturated rings. The smallest absolute Gasteiger partial charge is 0.330 e. The molecule has 0 heterocycles. The van der Waals surface area contributed by atoms with Crippen LogP contribution in [0.4, 0.5) is 0 Å². The van der Waals surface area contributed by atoms with Crippen LogP contribution >= 0.6 is 7.60 Å². The molecule has 0 aromatic heterocycles. The van der Waals surface area contributed by atoms with Gasteiger partial charge in [0.1, 0.15) is 5.75 Å². The summed E-state index contributed by atoms with van der Waals surface area (Å²) in [6, 6.07) is 4.07. The predicted molar refractivity (Wildman–Crippen MR) is 119 cm³/mol. The maximum Gasteiger partial charge on any atom is 0.330 e. The lowest BCUT2D eigenvalue weighted by Crippen LogP contribution is -2.18. The number of carbonyl (C=O) groups excluding carboxylic acids is 1. The van der Waals surface area contributed by atoms with Crippen molar-refractivity contribution in [3.05, 3.63) is 28.8 Å². The molecule has 0 aliphatic carbocycles. The molecule has 0 spiro atoms. The Bertz CT molecular complexity index is 706. The molecule has 5 nitrogen and oxygen atoms in total. The van der Waals surface area contributed by atoms with Crippen molar-refractivity contribution in [1.29, 1.82) is 0 Å². The van der Waals surface area contributed by atoms with Crippen LogP contribution < -0.4 is 4.74 Å². The van der Waals surface area contributed by atoms with Gasteiger partial charge < -0.3 is 13.8 Å². The first-order chi connectivity index (χ1) is 13.5. The number of hydrogen-bond donors (Lipinski definition) is 0. The van der Waals surface area contributed by atoms with Gasteiger partial charge in [0.15, 0.2) is 0 Å². The van der Waals surface area contributed by atoms with E-state index in [1.807, 2.05) is 26.8 Å². The van der Waals surface area contributed by atoms with Gasteiger partial charge in [-0.3, -0.25) is 9.36 Å². The molecule has 6 heteroatoms. The number of aryl methyl sites for hydroxylation is 2. The van der Waals surface area contributed by atoms with Gasteiger partial charge in [-0.05, 0) is 37.7 Å². The van der Waals surface area contributed by atoms with Crippen molar-refractivity contribution in [2.75, 3.05) is 19.4 Å². The Kier molecular flexibility index (Phi) is 10.6. The van der Waals surface area contributed by atoms with E-state index in [-0.39, 0.29) is 18.4 Å². The summed E-state index contributed by atoms with van der Waals surface area (Å²) < 4.78 is 29.7. The molecule has 1 rings (SSSR count). The molecule has 166 valence electrons. The molecule has 0 bridgehead atoms. The van der Waals surface area contributed by atoms with Crippen molar-refractivity contribution in [3.8, 4) is 5.75 Å². The second-order valence-corrected chi connectivity index (χ2v) is 10.8. The van der Waals surface area contributed by atoms with Crippen LogP contribution in [-0.2, 0) is 23.8 Å². The second kappa shape index (κ2) is 11.9. The molecule has 1 aromatic carbocycles. The average molecular weight is 427 g/mol. The number of ether oxygens (including phenoxy) is 1. The lowest BCUT2D eigenvalue weighted by Gasteiger charge is -2.24. The Morgan fingerprint density at radius 3 is 2.21 bits per heavy atom. The lowest BCUT2D eigenvalue weighted by molar-refractivity contribution is -0.135. The van der Waals surface area contributed by atoms with Crippen LogP contribution in [0, 0.1) is 13.8 Å². The summed E-state index contributed by atoms with van der Waals surface area (Å²) >= 11 is 0. The zero-order valence-electron chi connectivity index (χ0n) is 19.3. The van der Waals surface area contributed by atoms with Gasteiger partial charge in [0.2, 0.25) is 0 Å². The van der Waals surface area contributed by atoms with Gasteiger partial charge in [-0.15, -0.1) is 0 Å². The van der Waals surface area contributed by atoms with Gasteiger partial charge in [-0.2, -0.15) is 0 Å². The fourth-order valence-corrected chi connectivity index (χ4v) is 4.76. The summed E-state index contributed by atoms with van der Waals surface area (Å²) in [5.41, 5.74) is 2.92. The monoisotopic (exact) mass is 426 g/mol. The van der Waals surface area contributed by atoms with Gasteiger partial charge in [-0.1, -0.05) is 65.2 Å². The minimum absolute atomic E-state index is 0.0295. The van der Waals surface area contributed by atoms with Gasteiger partial charge in [0.05, 0.1) is 25.8 Å². The van der Waals surface area contributed by atoms with E-state index in [9.17, 15) is 9.36 Å². The molecule has 0 aliphatic rings. The standard InChI is InChI=1S/C23H39O5P/c1-8-10-13-26-29(25,15-11-9-2)27-14-12-21(24)28-22-19(4)16-18(3)17-20(22)23(5,6)7/h16-17H,8-15H2,1-7H3. The van der Waals surface area contributed by atoms with Crippen LogP contribution in [0.1, 0.15) is 83.4 Å². The van der Waals surface area contributed by atoms with E-state index in [1.54, 1.807) is 0 Å². The van der Waals surface area contributed by atoms with Crippen molar-refractivity contribution in [1.82, 2.24) is 0 Å². The largest absolute Gasteiger partial charge is 0.426 e. The molecule has 0 saturated heterocycles. The van der Waals surface area contributed by atoms with E-state index in [2.05, 4.69) is 33.8 Å². The Morgan fingerprint density at radius 1 is 1.00 bits per heavy atom. The molecule has 1 aromatic rings. The third-order valence-corrected chi connectivity index (χ3v) is 6.62. The molecule has 0 amide bonds. The molecule has 0 aliphatic heterocycles. The molecule has 0 N–H and O–H groups in total. The Morgan fingerprint density at radius 2 is 1.62 bits per heavy atom. The number of rotatable bonds is 12. The van der Waals surface area contributed by atoms with Crippen LogP contribution in [-0.4, -0.2) is 25.3 Å². The molecule has 1 unspecified atom stereocenters. The molecule has 1 atom stereocenters. The first kappa shape index (κ1) is 25.9. The highest BCUT2D eigenvalue weighted by Gasteiger charge is 2.25. The highest BCUT2D eigenvalue weighted by Crippen LogP contribution is 2.49. The normalized spacial score (nSPS) is 13.9. The van der Waals surface area contributed by atoms with E-state index in [1.165, 1.54) is 0 Å². The highest BCUT2D eigenvalue weighted by atomic mass is 31.2.